The second kappa shape index (κ2) is 4.34. The van der Waals surface area contributed by atoms with Crippen LogP contribution in [0.25, 0.3) is 0 Å². The second-order valence-corrected chi connectivity index (χ2v) is 2.64. The van der Waals surface area contributed by atoms with Crippen molar-refractivity contribution in [2.75, 3.05) is 0 Å². The maximum absolute atomic E-state index is 12.3. The molecular formula is C9H5F2N3O. The molecule has 1 N–H and O–H groups in total. The van der Waals surface area contributed by atoms with Crippen molar-refractivity contribution in [3.63, 3.8) is 0 Å². The van der Waals surface area contributed by atoms with E-state index in [9.17, 15) is 13.9 Å². The molecule has 0 saturated heterocycles. The maximum Gasteiger partial charge on any atom is 0.284 e. The van der Waals surface area contributed by atoms with Gasteiger partial charge in [-0.15, -0.1) is 0 Å². The number of alkyl halides is 2. The third-order valence-electron chi connectivity index (χ3n) is 1.75. The zero-order chi connectivity index (χ0) is 11.4. The Morgan fingerprint density at radius 2 is 2.13 bits per heavy atom. The molecule has 0 bridgehead atoms. The fourth-order valence-corrected chi connectivity index (χ4v) is 1.06. The van der Waals surface area contributed by atoms with Crippen molar-refractivity contribution in [1.82, 2.24) is 4.98 Å². The molecule has 6 heteroatoms. The molecule has 0 aromatic carbocycles. The van der Waals surface area contributed by atoms with E-state index in [0.717, 1.165) is 6.20 Å². The van der Waals surface area contributed by atoms with Crippen LogP contribution in [0.1, 0.15) is 23.2 Å². The monoisotopic (exact) mass is 209 g/mol. The van der Waals surface area contributed by atoms with Gasteiger partial charge in [-0.2, -0.15) is 10.5 Å². The number of hydrogen-bond donors (Lipinski definition) is 1. The first-order valence-electron chi connectivity index (χ1n) is 3.87. The molecule has 1 aromatic rings. The summed E-state index contributed by atoms with van der Waals surface area (Å²) < 4.78 is 24.5. The van der Waals surface area contributed by atoms with Gasteiger partial charge in [-0.05, 0) is 0 Å². The van der Waals surface area contributed by atoms with E-state index in [4.69, 9.17) is 10.5 Å². The predicted octanol–water partition coefficient (Wildman–Crippen LogP) is 1.66. The minimum absolute atomic E-state index is 0.141. The molecule has 0 aliphatic heterocycles. The minimum Gasteiger partial charge on any atom is -0.505 e. The quantitative estimate of drug-likeness (QED) is 0.803. The summed E-state index contributed by atoms with van der Waals surface area (Å²) in [6.07, 6.45) is -2.11. The van der Waals surface area contributed by atoms with Crippen molar-refractivity contribution >= 4 is 0 Å². The standard InChI is InChI=1S/C9H5F2N3O/c10-9(11)7-8(15)6(3-13)5(1-2-12)4-14-7/h4,9,15H,1H2. The van der Waals surface area contributed by atoms with Crippen molar-refractivity contribution < 1.29 is 13.9 Å². The SMILES string of the molecule is N#CCc1cnc(C(F)F)c(O)c1C#N. The largest absolute Gasteiger partial charge is 0.505 e. The normalized spacial score (nSPS) is 9.67. The molecule has 0 spiro atoms. The molecule has 0 atom stereocenters. The van der Waals surface area contributed by atoms with Gasteiger partial charge in [0, 0.05) is 11.8 Å². The van der Waals surface area contributed by atoms with Crippen LogP contribution < -0.4 is 0 Å². The topological polar surface area (TPSA) is 80.7 Å². The molecule has 1 aromatic heterocycles. The van der Waals surface area contributed by atoms with E-state index in [2.05, 4.69) is 4.98 Å². The summed E-state index contributed by atoms with van der Waals surface area (Å²) in [5.74, 6) is -0.847. The Kier molecular flexibility index (Phi) is 3.14. The molecule has 15 heavy (non-hydrogen) atoms. The van der Waals surface area contributed by atoms with Crippen molar-refractivity contribution in [3.05, 3.63) is 23.0 Å². The first-order chi connectivity index (χ1) is 7.11. The zero-order valence-electron chi connectivity index (χ0n) is 7.41. The van der Waals surface area contributed by atoms with E-state index in [1.807, 2.05) is 0 Å². The summed E-state index contributed by atoms with van der Waals surface area (Å²) in [5.41, 5.74) is -1.02. The van der Waals surface area contributed by atoms with E-state index in [1.165, 1.54) is 0 Å². The van der Waals surface area contributed by atoms with Crippen LogP contribution in [0.3, 0.4) is 0 Å². The van der Waals surface area contributed by atoms with Gasteiger partial charge in [0.2, 0.25) is 0 Å². The fourth-order valence-electron chi connectivity index (χ4n) is 1.06. The van der Waals surface area contributed by atoms with E-state index in [1.54, 1.807) is 12.1 Å². The molecule has 76 valence electrons. The summed E-state index contributed by atoms with van der Waals surface area (Å²) in [5, 5.41) is 26.3. The molecule has 1 rings (SSSR count). The van der Waals surface area contributed by atoms with Crippen LogP contribution in [0.15, 0.2) is 6.20 Å². The van der Waals surface area contributed by atoms with Gasteiger partial charge in [0.25, 0.3) is 6.43 Å². The van der Waals surface area contributed by atoms with Crippen LogP contribution in [0.5, 0.6) is 5.75 Å². The highest BCUT2D eigenvalue weighted by atomic mass is 19.3. The molecule has 0 fully saturated rings. The molecule has 0 unspecified atom stereocenters. The number of hydrogen-bond acceptors (Lipinski definition) is 4. The molecule has 0 aliphatic rings. The highest BCUT2D eigenvalue weighted by molar-refractivity contribution is 5.50. The van der Waals surface area contributed by atoms with Crippen LogP contribution in [-0.4, -0.2) is 10.1 Å². The Morgan fingerprint density at radius 3 is 2.60 bits per heavy atom. The Bertz CT molecular complexity index is 460. The van der Waals surface area contributed by atoms with Gasteiger partial charge in [0.15, 0.2) is 5.75 Å². The number of rotatable bonds is 2. The van der Waals surface area contributed by atoms with Crippen LogP contribution in [-0.2, 0) is 6.42 Å². The number of aromatic hydroxyl groups is 1. The molecule has 0 saturated carbocycles. The average Bonchev–Trinajstić information content (AvgIpc) is 2.18. The van der Waals surface area contributed by atoms with Crippen molar-refractivity contribution in [2.45, 2.75) is 12.8 Å². The summed E-state index contributed by atoms with van der Waals surface area (Å²) in [4.78, 5) is 3.30. The van der Waals surface area contributed by atoms with E-state index < -0.39 is 17.9 Å². The second-order valence-electron chi connectivity index (χ2n) is 2.64. The Morgan fingerprint density at radius 1 is 1.47 bits per heavy atom. The maximum atomic E-state index is 12.3. The molecule has 0 radical (unpaired) electrons. The lowest BCUT2D eigenvalue weighted by molar-refractivity contribution is 0.141. The first-order valence-corrected chi connectivity index (χ1v) is 3.87. The van der Waals surface area contributed by atoms with Crippen LogP contribution in [0.2, 0.25) is 0 Å². The van der Waals surface area contributed by atoms with Gasteiger partial charge in [-0.1, -0.05) is 0 Å². The summed E-state index contributed by atoms with van der Waals surface area (Å²) >= 11 is 0. The lowest BCUT2D eigenvalue weighted by Gasteiger charge is -2.06. The number of aromatic nitrogens is 1. The van der Waals surface area contributed by atoms with E-state index in [0.29, 0.717) is 0 Å². The smallest absolute Gasteiger partial charge is 0.284 e. The van der Waals surface area contributed by atoms with Gasteiger partial charge in [-0.25, -0.2) is 8.78 Å². The molecule has 1 heterocycles. The van der Waals surface area contributed by atoms with Crippen molar-refractivity contribution in [2.24, 2.45) is 0 Å². The highest BCUT2D eigenvalue weighted by Gasteiger charge is 2.20. The predicted molar refractivity (Wildman–Crippen MR) is 44.9 cm³/mol. The molecule has 0 aliphatic carbocycles. The van der Waals surface area contributed by atoms with Crippen molar-refractivity contribution in [1.29, 1.82) is 10.5 Å². The summed E-state index contributed by atoms with van der Waals surface area (Å²) in [6.45, 7) is 0. The minimum atomic E-state index is -2.95. The average molecular weight is 209 g/mol. The van der Waals surface area contributed by atoms with Gasteiger partial charge >= 0.3 is 0 Å². The lowest BCUT2D eigenvalue weighted by Crippen LogP contribution is -1.98. The van der Waals surface area contributed by atoms with Crippen LogP contribution >= 0.6 is 0 Å². The van der Waals surface area contributed by atoms with Gasteiger partial charge < -0.3 is 5.11 Å². The van der Waals surface area contributed by atoms with E-state index in [-0.39, 0.29) is 17.5 Å². The van der Waals surface area contributed by atoms with Gasteiger partial charge in [0.1, 0.15) is 17.3 Å². The number of nitriles is 2. The zero-order valence-corrected chi connectivity index (χ0v) is 7.41. The highest BCUT2D eigenvalue weighted by Crippen LogP contribution is 2.30. The van der Waals surface area contributed by atoms with E-state index >= 15 is 0 Å². The number of halogens is 2. The number of nitrogens with zero attached hydrogens (tertiary/aromatic N) is 3. The van der Waals surface area contributed by atoms with Crippen LogP contribution in [0, 0.1) is 22.7 Å². The Labute approximate surface area is 84.0 Å². The summed E-state index contributed by atoms with van der Waals surface area (Å²) in [7, 11) is 0. The third-order valence-corrected chi connectivity index (χ3v) is 1.75. The van der Waals surface area contributed by atoms with Crippen molar-refractivity contribution in [3.8, 4) is 17.9 Å². The fraction of sp³-hybridized carbons (Fsp3) is 0.222. The molecule has 4 nitrogen and oxygen atoms in total. The Hall–Kier alpha value is -2.21. The molecule has 0 amide bonds. The van der Waals surface area contributed by atoms with Crippen LogP contribution in [0.4, 0.5) is 8.78 Å². The summed E-state index contributed by atoms with van der Waals surface area (Å²) in [6, 6.07) is 3.31. The number of pyridine rings is 1. The van der Waals surface area contributed by atoms with Gasteiger partial charge in [0.05, 0.1) is 12.5 Å². The Balaban J connectivity index is 3.35. The molecular weight excluding hydrogens is 204 g/mol. The lowest BCUT2D eigenvalue weighted by atomic mass is 10.1. The van der Waals surface area contributed by atoms with Gasteiger partial charge in [-0.3, -0.25) is 4.98 Å². The third kappa shape index (κ3) is 2.00. The first kappa shape index (κ1) is 10.9.